The topological polar surface area (TPSA) is 72.3 Å². The Morgan fingerprint density at radius 3 is 2.70 bits per heavy atom. The Morgan fingerprint density at radius 2 is 2.15 bits per heavy atom. The van der Waals surface area contributed by atoms with Crippen LogP contribution in [0.25, 0.3) is 0 Å². The standard InChI is InChI=1S/C13H13BrFN3OS/c1-18(5-7-2-12(14)20-6-7)11-3-8(13(17)19)10(16)4-9(11)15/h2-4,6H,5,16H2,1H3,(H2,17,19). The second-order valence-electron chi connectivity index (χ2n) is 4.37. The van der Waals surface area contributed by atoms with Gasteiger partial charge in [0, 0.05) is 19.3 Å². The highest BCUT2D eigenvalue weighted by atomic mass is 79.9. The Morgan fingerprint density at radius 1 is 1.45 bits per heavy atom. The number of anilines is 2. The summed E-state index contributed by atoms with van der Waals surface area (Å²) in [6.07, 6.45) is 0. The Labute approximate surface area is 128 Å². The molecule has 0 spiro atoms. The van der Waals surface area contributed by atoms with Gasteiger partial charge in [0.2, 0.25) is 0 Å². The lowest BCUT2D eigenvalue weighted by molar-refractivity contribution is 0.100. The van der Waals surface area contributed by atoms with Crippen molar-refractivity contribution in [1.82, 2.24) is 0 Å². The molecule has 4 nitrogen and oxygen atoms in total. The van der Waals surface area contributed by atoms with E-state index in [9.17, 15) is 9.18 Å². The third-order valence-electron chi connectivity index (χ3n) is 2.84. The van der Waals surface area contributed by atoms with Crippen LogP contribution in [0.3, 0.4) is 0 Å². The molecular formula is C13H13BrFN3OS. The third-order valence-corrected chi connectivity index (χ3v) is 4.39. The van der Waals surface area contributed by atoms with Crippen LogP contribution in [0, 0.1) is 5.82 Å². The number of hydrogen-bond acceptors (Lipinski definition) is 4. The lowest BCUT2D eigenvalue weighted by Gasteiger charge is -2.20. The molecule has 4 N–H and O–H groups in total. The van der Waals surface area contributed by atoms with Crippen molar-refractivity contribution in [2.24, 2.45) is 5.73 Å². The maximum atomic E-state index is 14.0. The molecule has 0 aliphatic heterocycles. The number of nitrogens with two attached hydrogens (primary N) is 2. The second-order valence-corrected chi connectivity index (χ2v) is 6.66. The van der Waals surface area contributed by atoms with Crippen LogP contribution in [-0.4, -0.2) is 13.0 Å². The molecular weight excluding hydrogens is 345 g/mol. The fourth-order valence-corrected chi connectivity index (χ4v) is 3.07. The molecule has 0 aliphatic carbocycles. The van der Waals surface area contributed by atoms with Gasteiger partial charge in [-0.15, -0.1) is 11.3 Å². The zero-order valence-electron chi connectivity index (χ0n) is 10.7. The van der Waals surface area contributed by atoms with Gasteiger partial charge in [0.05, 0.1) is 15.0 Å². The number of primary amides is 1. The van der Waals surface area contributed by atoms with Crippen LogP contribution in [-0.2, 0) is 6.54 Å². The lowest BCUT2D eigenvalue weighted by atomic mass is 10.1. The van der Waals surface area contributed by atoms with Crippen molar-refractivity contribution in [3.05, 3.63) is 44.3 Å². The number of halogens is 2. The van der Waals surface area contributed by atoms with E-state index in [1.54, 1.807) is 23.3 Å². The number of nitrogens with zero attached hydrogens (tertiary/aromatic N) is 1. The number of amides is 1. The molecule has 20 heavy (non-hydrogen) atoms. The summed E-state index contributed by atoms with van der Waals surface area (Å²) in [4.78, 5) is 13.0. The fraction of sp³-hybridized carbons (Fsp3) is 0.154. The molecule has 0 bridgehead atoms. The number of benzene rings is 1. The zero-order valence-corrected chi connectivity index (χ0v) is 13.1. The molecule has 2 aromatic rings. The normalized spacial score (nSPS) is 10.6. The number of carbonyl (C=O) groups excluding carboxylic acids is 1. The Hall–Kier alpha value is -1.60. The van der Waals surface area contributed by atoms with E-state index in [0.717, 1.165) is 15.4 Å². The van der Waals surface area contributed by atoms with E-state index in [-0.39, 0.29) is 16.9 Å². The monoisotopic (exact) mass is 357 g/mol. The average molecular weight is 358 g/mol. The molecule has 0 aliphatic rings. The van der Waals surface area contributed by atoms with Crippen LogP contribution in [0.15, 0.2) is 27.4 Å². The highest BCUT2D eigenvalue weighted by Gasteiger charge is 2.15. The van der Waals surface area contributed by atoms with Crippen LogP contribution in [0.4, 0.5) is 15.8 Å². The molecule has 1 aromatic carbocycles. The van der Waals surface area contributed by atoms with Gasteiger partial charge in [0.15, 0.2) is 0 Å². The van der Waals surface area contributed by atoms with Crippen molar-refractivity contribution in [3.8, 4) is 0 Å². The Bertz CT molecular complexity index is 659. The van der Waals surface area contributed by atoms with E-state index < -0.39 is 11.7 Å². The molecule has 0 fully saturated rings. The zero-order chi connectivity index (χ0) is 14.9. The largest absolute Gasteiger partial charge is 0.398 e. The van der Waals surface area contributed by atoms with Gasteiger partial charge in [-0.25, -0.2) is 4.39 Å². The van der Waals surface area contributed by atoms with Crippen molar-refractivity contribution in [1.29, 1.82) is 0 Å². The molecule has 0 unspecified atom stereocenters. The molecule has 0 saturated heterocycles. The summed E-state index contributed by atoms with van der Waals surface area (Å²) in [6.45, 7) is 0.515. The fourth-order valence-electron chi connectivity index (χ4n) is 1.87. The van der Waals surface area contributed by atoms with Gasteiger partial charge in [-0.1, -0.05) is 0 Å². The molecule has 0 saturated carbocycles. The molecule has 1 aromatic heterocycles. The van der Waals surface area contributed by atoms with Gasteiger partial charge < -0.3 is 16.4 Å². The molecule has 0 atom stereocenters. The number of hydrogen-bond donors (Lipinski definition) is 2. The molecule has 2 rings (SSSR count). The SMILES string of the molecule is CN(Cc1csc(Br)c1)c1cc(C(N)=O)c(N)cc1F. The summed E-state index contributed by atoms with van der Waals surface area (Å²) in [5.74, 6) is -1.15. The van der Waals surface area contributed by atoms with Crippen LogP contribution in [0.5, 0.6) is 0 Å². The number of carbonyl (C=O) groups is 1. The quantitative estimate of drug-likeness (QED) is 0.826. The second kappa shape index (κ2) is 5.80. The van der Waals surface area contributed by atoms with Gasteiger partial charge in [-0.05, 0) is 45.1 Å². The minimum Gasteiger partial charge on any atom is -0.398 e. The molecule has 1 heterocycles. The van der Waals surface area contributed by atoms with Crippen molar-refractivity contribution in [2.45, 2.75) is 6.54 Å². The van der Waals surface area contributed by atoms with Crippen molar-refractivity contribution in [3.63, 3.8) is 0 Å². The molecule has 106 valence electrons. The van der Waals surface area contributed by atoms with E-state index in [1.807, 2.05) is 11.4 Å². The van der Waals surface area contributed by atoms with Crippen LogP contribution < -0.4 is 16.4 Å². The lowest BCUT2D eigenvalue weighted by Crippen LogP contribution is -2.20. The van der Waals surface area contributed by atoms with Gasteiger partial charge >= 0.3 is 0 Å². The van der Waals surface area contributed by atoms with Gasteiger partial charge in [-0.3, -0.25) is 4.79 Å². The van der Waals surface area contributed by atoms with Crippen LogP contribution >= 0.6 is 27.3 Å². The van der Waals surface area contributed by atoms with Crippen LogP contribution in [0.1, 0.15) is 15.9 Å². The van der Waals surface area contributed by atoms with Crippen LogP contribution in [0.2, 0.25) is 0 Å². The van der Waals surface area contributed by atoms with Gasteiger partial charge in [0.25, 0.3) is 5.91 Å². The van der Waals surface area contributed by atoms with E-state index in [4.69, 9.17) is 11.5 Å². The Balaban J connectivity index is 2.31. The first kappa shape index (κ1) is 14.8. The predicted octanol–water partition coefficient (Wildman–Crippen LogP) is 2.97. The van der Waals surface area contributed by atoms with E-state index >= 15 is 0 Å². The maximum absolute atomic E-state index is 14.0. The summed E-state index contributed by atoms with van der Waals surface area (Å²) in [6, 6.07) is 4.47. The smallest absolute Gasteiger partial charge is 0.250 e. The van der Waals surface area contributed by atoms with Crippen molar-refractivity contribution >= 4 is 44.5 Å². The minimum atomic E-state index is -0.671. The van der Waals surface area contributed by atoms with Crippen molar-refractivity contribution in [2.75, 3.05) is 17.7 Å². The summed E-state index contributed by atoms with van der Waals surface area (Å²) in [7, 11) is 1.74. The van der Waals surface area contributed by atoms with Crippen molar-refractivity contribution < 1.29 is 9.18 Å². The number of nitrogen functional groups attached to an aromatic ring is 1. The first-order chi connectivity index (χ1) is 9.38. The molecule has 7 heteroatoms. The minimum absolute atomic E-state index is 0.0467. The van der Waals surface area contributed by atoms with E-state index in [1.165, 1.54) is 6.07 Å². The van der Waals surface area contributed by atoms with Gasteiger partial charge in [-0.2, -0.15) is 0 Å². The number of thiophene rings is 1. The van der Waals surface area contributed by atoms with E-state index in [2.05, 4.69) is 15.9 Å². The Kier molecular flexibility index (Phi) is 4.29. The summed E-state index contributed by atoms with van der Waals surface area (Å²) in [5, 5.41) is 1.98. The average Bonchev–Trinajstić information content (AvgIpc) is 2.74. The molecule has 0 radical (unpaired) electrons. The first-order valence-corrected chi connectivity index (χ1v) is 7.38. The first-order valence-electron chi connectivity index (χ1n) is 5.71. The summed E-state index contributed by atoms with van der Waals surface area (Å²) in [5.41, 5.74) is 12.3. The number of rotatable bonds is 4. The maximum Gasteiger partial charge on any atom is 0.250 e. The van der Waals surface area contributed by atoms with E-state index in [0.29, 0.717) is 6.54 Å². The highest BCUT2D eigenvalue weighted by Crippen LogP contribution is 2.27. The molecule has 1 amide bonds. The van der Waals surface area contributed by atoms with Gasteiger partial charge in [0.1, 0.15) is 5.82 Å². The highest BCUT2D eigenvalue weighted by molar-refractivity contribution is 9.11. The predicted molar refractivity (Wildman–Crippen MR) is 83.5 cm³/mol. The summed E-state index contributed by atoms with van der Waals surface area (Å²) < 4.78 is 15.0. The third kappa shape index (κ3) is 3.10. The summed E-state index contributed by atoms with van der Waals surface area (Å²) >= 11 is 4.94.